The van der Waals surface area contributed by atoms with Gasteiger partial charge in [0.25, 0.3) is 5.91 Å². The van der Waals surface area contributed by atoms with Gasteiger partial charge in [0.1, 0.15) is 17.9 Å². The summed E-state index contributed by atoms with van der Waals surface area (Å²) >= 11 is 0. The van der Waals surface area contributed by atoms with Crippen LogP contribution in [0.4, 0.5) is 5.69 Å². The van der Waals surface area contributed by atoms with Gasteiger partial charge in [-0.2, -0.15) is 0 Å². The molecule has 3 heterocycles. The van der Waals surface area contributed by atoms with Crippen molar-refractivity contribution in [2.75, 3.05) is 5.32 Å². The molecule has 5 rings (SSSR count). The van der Waals surface area contributed by atoms with Gasteiger partial charge in [0.2, 0.25) is 23.3 Å². The van der Waals surface area contributed by atoms with E-state index in [0.717, 1.165) is 5.56 Å². The predicted molar refractivity (Wildman–Crippen MR) is 105 cm³/mol. The summed E-state index contributed by atoms with van der Waals surface area (Å²) in [6.45, 7) is 0.133. The van der Waals surface area contributed by atoms with Gasteiger partial charge >= 0.3 is 0 Å². The zero-order chi connectivity index (χ0) is 21.0. The van der Waals surface area contributed by atoms with Gasteiger partial charge < -0.3 is 16.4 Å². The Kier molecular flexibility index (Phi) is 4.01. The molecule has 152 valence electrons. The number of quaternary nitrogens is 1. The van der Waals surface area contributed by atoms with Crippen LogP contribution >= 0.6 is 0 Å². The molecular formula is C22H21N4O4+. The fourth-order valence-corrected chi connectivity index (χ4v) is 5.32. The van der Waals surface area contributed by atoms with Gasteiger partial charge in [-0.3, -0.25) is 24.1 Å². The third kappa shape index (κ3) is 2.43. The first-order valence-electron chi connectivity index (χ1n) is 9.88. The molecule has 4 amide bonds. The standard InChI is InChI=1S/C22H20N4O4/c23-16(27)10-15-17-18(20(29)26(19(17)28)11-12-6-2-1-3-7-12)22(25-15)13-8-4-5-9-14(13)24-21(22)30/h1-9,15,17-18,25H,10-11H2,(H2,23,27)(H,24,30)/p+1/t15-,17+,18-,22+/m1/s1. The van der Waals surface area contributed by atoms with Gasteiger partial charge in [-0.05, 0) is 11.6 Å². The van der Waals surface area contributed by atoms with E-state index in [4.69, 9.17) is 5.73 Å². The monoisotopic (exact) mass is 405 g/mol. The lowest BCUT2D eigenvalue weighted by Crippen LogP contribution is -2.99. The van der Waals surface area contributed by atoms with E-state index in [9.17, 15) is 19.2 Å². The van der Waals surface area contributed by atoms with Gasteiger partial charge in [-0.25, -0.2) is 0 Å². The van der Waals surface area contributed by atoms with Gasteiger partial charge in [0, 0.05) is 5.56 Å². The summed E-state index contributed by atoms with van der Waals surface area (Å²) in [5, 5.41) is 4.56. The molecule has 2 aromatic rings. The zero-order valence-corrected chi connectivity index (χ0v) is 16.1. The van der Waals surface area contributed by atoms with Crippen molar-refractivity contribution in [2.24, 2.45) is 17.6 Å². The molecule has 0 bridgehead atoms. The van der Waals surface area contributed by atoms with E-state index >= 15 is 0 Å². The number of carbonyl (C=O) groups excluding carboxylic acids is 4. The summed E-state index contributed by atoms with van der Waals surface area (Å²) in [6.07, 6.45) is -0.0867. The number of nitrogens with two attached hydrogens (primary N) is 2. The lowest BCUT2D eigenvalue weighted by Gasteiger charge is -2.26. The second kappa shape index (κ2) is 6.50. The molecule has 0 saturated carbocycles. The fraction of sp³-hybridized carbons (Fsp3) is 0.273. The maximum Gasteiger partial charge on any atom is 0.291 e. The van der Waals surface area contributed by atoms with Crippen molar-refractivity contribution in [1.29, 1.82) is 0 Å². The molecule has 0 radical (unpaired) electrons. The van der Waals surface area contributed by atoms with Crippen molar-refractivity contribution >= 4 is 29.3 Å². The van der Waals surface area contributed by atoms with Gasteiger partial charge in [0.15, 0.2) is 0 Å². The minimum absolute atomic E-state index is 0.0867. The van der Waals surface area contributed by atoms with Crippen LogP contribution in [0.2, 0.25) is 0 Å². The highest BCUT2D eigenvalue weighted by Gasteiger charge is 2.74. The van der Waals surface area contributed by atoms with E-state index in [-0.39, 0.29) is 30.7 Å². The molecule has 0 aromatic heterocycles. The molecule has 30 heavy (non-hydrogen) atoms. The highest BCUT2D eigenvalue weighted by Crippen LogP contribution is 2.49. The number of amides is 4. The second-order valence-corrected chi connectivity index (χ2v) is 8.12. The SMILES string of the molecule is NC(=O)C[C@H]1[NH2+][C@]2(C(=O)Nc3ccccc32)[C@H]2C(=O)N(Cc3ccccc3)C(=O)[C@@H]12. The van der Waals surface area contributed by atoms with Crippen LogP contribution in [0.3, 0.4) is 0 Å². The molecule has 2 saturated heterocycles. The number of nitrogens with one attached hydrogen (secondary N) is 1. The highest BCUT2D eigenvalue weighted by atomic mass is 16.2. The number of imide groups is 1. The van der Waals surface area contributed by atoms with Crippen molar-refractivity contribution in [2.45, 2.75) is 24.5 Å². The van der Waals surface area contributed by atoms with E-state index < -0.39 is 29.3 Å². The van der Waals surface area contributed by atoms with E-state index in [2.05, 4.69) is 5.32 Å². The summed E-state index contributed by atoms with van der Waals surface area (Å²) in [5.41, 5.74) is 6.27. The van der Waals surface area contributed by atoms with Gasteiger partial charge in [0.05, 0.1) is 18.7 Å². The Morgan fingerprint density at radius 2 is 1.73 bits per heavy atom. The quantitative estimate of drug-likeness (QED) is 0.591. The molecule has 8 nitrogen and oxygen atoms in total. The fourth-order valence-electron chi connectivity index (χ4n) is 5.32. The van der Waals surface area contributed by atoms with Gasteiger partial charge in [-0.1, -0.05) is 48.5 Å². The van der Waals surface area contributed by atoms with Crippen molar-refractivity contribution in [3.8, 4) is 0 Å². The van der Waals surface area contributed by atoms with Crippen LogP contribution in [0.25, 0.3) is 0 Å². The predicted octanol–water partition coefficient (Wildman–Crippen LogP) is -0.544. The van der Waals surface area contributed by atoms with Crippen LogP contribution in [-0.4, -0.2) is 34.6 Å². The molecule has 0 aliphatic carbocycles. The summed E-state index contributed by atoms with van der Waals surface area (Å²) in [6, 6.07) is 15.8. The van der Waals surface area contributed by atoms with Crippen molar-refractivity contribution in [3.05, 3.63) is 65.7 Å². The lowest BCUT2D eigenvalue weighted by molar-refractivity contribution is -0.732. The molecule has 2 aromatic carbocycles. The lowest BCUT2D eigenvalue weighted by atomic mass is 9.76. The van der Waals surface area contributed by atoms with Crippen molar-refractivity contribution in [1.82, 2.24) is 4.90 Å². The minimum atomic E-state index is -1.28. The first kappa shape index (κ1) is 18.5. The third-order valence-corrected chi connectivity index (χ3v) is 6.49. The number of hydrogen-bond acceptors (Lipinski definition) is 4. The number of likely N-dealkylation sites (tertiary alicyclic amines) is 1. The normalized spacial score (nSPS) is 29.3. The Hall–Kier alpha value is -3.52. The van der Waals surface area contributed by atoms with E-state index in [1.165, 1.54) is 4.90 Å². The number of nitrogens with zero attached hydrogens (tertiary/aromatic N) is 1. The molecule has 2 fully saturated rings. The van der Waals surface area contributed by atoms with Crippen molar-refractivity contribution in [3.63, 3.8) is 0 Å². The second-order valence-electron chi connectivity index (χ2n) is 8.12. The summed E-state index contributed by atoms with van der Waals surface area (Å²) in [7, 11) is 0. The van der Waals surface area contributed by atoms with Gasteiger partial charge in [-0.15, -0.1) is 0 Å². The molecule has 5 N–H and O–H groups in total. The minimum Gasteiger partial charge on any atom is -0.369 e. The Morgan fingerprint density at radius 1 is 1.03 bits per heavy atom. The maximum absolute atomic E-state index is 13.5. The average Bonchev–Trinajstić information content (AvgIpc) is 3.29. The number of hydrogen-bond donors (Lipinski definition) is 3. The van der Waals surface area contributed by atoms with E-state index in [1.54, 1.807) is 29.6 Å². The topological polar surface area (TPSA) is 126 Å². The summed E-state index contributed by atoms with van der Waals surface area (Å²) in [4.78, 5) is 53.0. The number of primary amides is 1. The highest BCUT2D eigenvalue weighted by molar-refractivity contribution is 6.14. The van der Waals surface area contributed by atoms with Crippen LogP contribution in [0.15, 0.2) is 54.6 Å². The number of benzene rings is 2. The maximum atomic E-state index is 13.5. The van der Waals surface area contributed by atoms with E-state index in [0.29, 0.717) is 11.3 Å². The molecule has 3 aliphatic heterocycles. The Morgan fingerprint density at radius 3 is 2.47 bits per heavy atom. The Labute approximate surface area is 172 Å². The number of carbonyl (C=O) groups is 4. The average molecular weight is 405 g/mol. The molecule has 4 atom stereocenters. The number of fused-ring (bicyclic) bond motifs is 4. The summed E-state index contributed by atoms with van der Waals surface area (Å²) in [5.74, 6) is -3.32. The smallest absolute Gasteiger partial charge is 0.291 e. The Balaban J connectivity index is 1.61. The first-order chi connectivity index (χ1) is 14.4. The van der Waals surface area contributed by atoms with Crippen LogP contribution in [0.5, 0.6) is 0 Å². The zero-order valence-electron chi connectivity index (χ0n) is 16.1. The van der Waals surface area contributed by atoms with Crippen LogP contribution in [0, 0.1) is 11.8 Å². The van der Waals surface area contributed by atoms with Crippen LogP contribution in [-0.2, 0) is 31.3 Å². The Bertz CT molecular complexity index is 1090. The number of anilines is 1. The van der Waals surface area contributed by atoms with Crippen LogP contribution in [0.1, 0.15) is 17.5 Å². The van der Waals surface area contributed by atoms with Crippen molar-refractivity contribution < 1.29 is 24.5 Å². The number of para-hydroxylation sites is 1. The molecule has 8 heteroatoms. The van der Waals surface area contributed by atoms with Crippen LogP contribution < -0.4 is 16.4 Å². The van der Waals surface area contributed by atoms with E-state index in [1.807, 2.05) is 30.3 Å². The molecule has 1 spiro atoms. The molecule has 0 unspecified atom stereocenters. The first-order valence-corrected chi connectivity index (χ1v) is 9.88. The largest absolute Gasteiger partial charge is 0.369 e. The summed E-state index contributed by atoms with van der Waals surface area (Å²) < 4.78 is 0. The number of rotatable bonds is 4. The molecular weight excluding hydrogens is 384 g/mol. The molecule has 3 aliphatic rings. The third-order valence-electron chi connectivity index (χ3n) is 6.49.